The molecule has 0 spiro atoms. The van der Waals surface area contributed by atoms with Gasteiger partial charge in [-0.15, -0.1) is 22.7 Å². The number of aryl methyl sites for hydroxylation is 1. The summed E-state index contributed by atoms with van der Waals surface area (Å²) in [6.07, 6.45) is -1.68. The van der Waals surface area contributed by atoms with E-state index >= 15 is 0 Å². The van der Waals surface area contributed by atoms with E-state index in [0.29, 0.717) is 61.5 Å². The van der Waals surface area contributed by atoms with Gasteiger partial charge in [-0.05, 0) is 44.1 Å². The van der Waals surface area contributed by atoms with Crippen LogP contribution in [-0.4, -0.2) is 30.7 Å². The quantitative estimate of drug-likeness (QED) is 0.249. The van der Waals surface area contributed by atoms with Crippen molar-refractivity contribution in [2.45, 2.75) is 45.3 Å². The van der Waals surface area contributed by atoms with Crippen LogP contribution in [0.5, 0.6) is 5.88 Å². The van der Waals surface area contributed by atoms with Crippen LogP contribution in [0.25, 0.3) is 16.3 Å². The first-order valence-corrected chi connectivity index (χ1v) is 11.9. The molecule has 0 bridgehead atoms. The molecule has 33 heavy (non-hydrogen) atoms. The first kappa shape index (κ1) is 25.1. The molecule has 0 atom stereocenters. The summed E-state index contributed by atoms with van der Waals surface area (Å²) >= 11 is 7.80. The summed E-state index contributed by atoms with van der Waals surface area (Å²) in [4.78, 5) is 20.1. The van der Waals surface area contributed by atoms with E-state index in [2.05, 4.69) is 16.5 Å². The van der Waals surface area contributed by atoms with E-state index in [0.717, 1.165) is 12.3 Å². The molecule has 3 aromatic rings. The SMILES string of the molecule is C=C(c1sc(-c2ccc(C(F)(F)F)cn2)nc1C)c1sc(=S)n(CCCCCC(=O)O)c1O. The van der Waals surface area contributed by atoms with E-state index in [-0.39, 0.29) is 12.3 Å². The van der Waals surface area contributed by atoms with Crippen LogP contribution in [0.15, 0.2) is 24.9 Å². The van der Waals surface area contributed by atoms with Gasteiger partial charge in [0.1, 0.15) is 5.01 Å². The number of halogens is 3. The number of pyridine rings is 1. The molecule has 0 amide bonds. The number of alkyl halides is 3. The van der Waals surface area contributed by atoms with E-state index in [4.69, 9.17) is 17.3 Å². The maximum Gasteiger partial charge on any atom is 0.417 e. The van der Waals surface area contributed by atoms with Gasteiger partial charge in [-0.2, -0.15) is 13.2 Å². The molecule has 0 radical (unpaired) electrons. The topological polar surface area (TPSA) is 88.2 Å². The van der Waals surface area contributed by atoms with Crippen LogP contribution >= 0.6 is 34.9 Å². The van der Waals surface area contributed by atoms with Crippen LogP contribution in [0.4, 0.5) is 13.2 Å². The fraction of sp³-hybridized carbons (Fsp3) is 0.333. The number of hydrogen-bond donors (Lipinski definition) is 2. The van der Waals surface area contributed by atoms with Crippen molar-refractivity contribution in [3.63, 3.8) is 0 Å². The van der Waals surface area contributed by atoms with Gasteiger partial charge < -0.3 is 10.2 Å². The van der Waals surface area contributed by atoms with Crippen molar-refractivity contribution in [1.82, 2.24) is 14.5 Å². The van der Waals surface area contributed by atoms with Gasteiger partial charge in [-0.1, -0.05) is 13.0 Å². The van der Waals surface area contributed by atoms with Crippen molar-refractivity contribution in [2.75, 3.05) is 0 Å². The summed E-state index contributed by atoms with van der Waals surface area (Å²) in [5, 5.41) is 19.9. The monoisotopic (exact) mass is 515 g/mol. The average Bonchev–Trinajstić information content (AvgIpc) is 3.26. The predicted molar refractivity (Wildman–Crippen MR) is 124 cm³/mol. The lowest BCUT2D eigenvalue weighted by atomic mass is 10.2. The normalized spacial score (nSPS) is 11.6. The highest BCUT2D eigenvalue weighted by atomic mass is 32.1. The average molecular weight is 516 g/mol. The minimum absolute atomic E-state index is 0.0183. The number of carboxylic acids is 1. The van der Waals surface area contributed by atoms with Crippen molar-refractivity contribution < 1.29 is 28.2 Å². The number of carbonyl (C=O) groups is 1. The lowest BCUT2D eigenvalue weighted by molar-refractivity contribution is -0.138. The number of carboxylic acid groups (broad SMARTS) is 1. The molecule has 0 aromatic carbocycles. The Balaban J connectivity index is 1.78. The first-order chi connectivity index (χ1) is 15.5. The van der Waals surface area contributed by atoms with Crippen LogP contribution in [0.3, 0.4) is 0 Å². The summed E-state index contributed by atoms with van der Waals surface area (Å²) in [5.41, 5.74) is 0.603. The van der Waals surface area contributed by atoms with Crippen molar-refractivity contribution in [3.8, 4) is 16.6 Å². The molecule has 0 aliphatic carbocycles. The smallest absolute Gasteiger partial charge is 0.417 e. The van der Waals surface area contributed by atoms with Gasteiger partial charge in [0.15, 0.2) is 3.95 Å². The first-order valence-electron chi connectivity index (χ1n) is 9.84. The highest BCUT2D eigenvalue weighted by Gasteiger charge is 2.31. The minimum atomic E-state index is -4.46. The maximum absolute atomic E-state index is 12.8. The van der Waals surface area contributed by atoms with E-state index in [1.54, 1.807) is 11.5 Å². The number of nitrogens with zero attached hydrogens (tertiary/aromatic N) is 3. The molecule has 2 N–H and O–H groups in total. The second kappa shape index (κ2) is 10.1. The molecular weight excluding hydrogens is 495 g/mol. The predicted octanol–water partition coefficient (Wildman–Crippen LogP) is 6.54. The van der Waals surface area contributed by atoms with E-state index in [1.165, 1.54) is 28.7 Å². The van der Waals surface area contributed by atoms with Gasteiger partial charge in [0.05, 0.1) is 26.7 Å². The van der Waals surface area contributed by atoms with Crippen LogP contribution in [0, 0.1) is 10.9 Å². The Morgan fingerprint density at radius 2 is 1.94 bits per heavy atom. The van der Waals surface area contributed by atoms with E-state index < -0.39 is 17.7 Å². The third kappa shape index (κ3) is 5.87. The molecule has 0 aliphatic heterocycles. The van der Waals surface area contributed by atoms with Crippen molar-refractivity contribution in [1.29, 1.82) is 0 Å². The fourth-order valence-electron chi connectivity index (χ4n) is 3.09. The molecule has 176 valence electrons. The molecule has 0 fully saturated rings. The molecule has 0 saturated carbocycles. The Bertz CT molecular complexity index is 1230. The van der Waals surface area contributed by atoms with Crippen molar-refractivity contribution in [3.05, 3.63) is 49.9 Å². The van der Waals surface area contributed by atoms with Gasteiger partial charge in [-0.3, -0.25) is 14.3 Å². The number of aliphatic carboxylic acids is 1. The molecule has 0 saturated heterocycles. The Morgan fingerprint density at radius 1 is 1.21 bits per heavy atom. The Labute approximate surface area is 200 Å². The third-order valence-corrected chi connectivity index (χ3v) is 7.53. The molecule has 0 aliphatic rings. The zero-order valence-electron chi connectivity index (χ0n) is 17.5. The minimum Gasteiger partial charge on any atom is -0.493 e. The Morgan fingerprint density at radius 3 is 2.55 bits per heavy atom. The van der Waals surface area contributed by atoms with Crippen molar-refractivity contribution in [2.24, 2.45) is 0 Å². The lowest BCUT2D eigenvalue weighted by Gasteiger charge is -2.06. The Hall–Kier alpha value is -2.57. The zero-order chi connectivity index (χ0) is 24.3. The molecular formula is C21H20F3N3O3S3. The maximum atomic E-state index is 12.8. The highest BCUT2D eigenvalue weighted by Crippen LogP contribution is 2.40. The van der Waals surface area contributed by atoms with Crippen LogP contribution < -0.4 is 0 Å². The van der Waals surface area contributed by atoms with Gasteiger partial charge in [0.2, 0.25) is 5.88 Å². The molecule has 0 unspecified atom stereocenters. The largest absolute Gasteiger partial charge is 0.493 e. The molecule has 12 heteroatoms. The Kier molecular flexibility index (Phi) is 7.70. The van der Waals surface area contributed by atoms with Crippen LogP contribution in [-0.2, 0) is 17.5 Å². The van der Waals surface area contributed by atoms with Gasteiger partial charge in [-0.25, -0.2) is 4.98 Å². The third-order valence-electron chi connectivity index (χ3n) is 4.80. The summed E-state index contributed by atoms with van der Waals surface area (Å²) < 4.78 is 40.4. The van der Waals surface area contributed by atoms with E-state index in [9.17, 15) is 23.1 Å². The van der Waals surface area contributed by atoms with Crippen molar-refractivity contribution >= 4 is 46.4 Å². The van der Waals surface area contributed by atoms with Gasteiger partial charge >= 0.3 is 12.1 Å². The number of unbranched alkanes of at least 4 members (excludes halogenated alkanes) is 2. The number of rotatable bonds is 9. The van der Waals surface area contributed by atoms with Crippen LogP contribution in [0.2, 0.25) is 0 Å². The summed E-state index contributed by atoms with van der Waals surface area (Å²) in [7, 11) is 0. The highest BCUT2D eigenvalue weighted by molar-refractivity contribution is 7.73. The second-order valence-corrected chi connectivity index (χ2v) is 9.86. The molecule has 3 heterocycles. The summed E-state index contributed by atoms with van der Waals surface area (Å²) in [5.74, 6) is -0.857. The van der Waals surface area contributed by atoms with Gasteiger partial charge in [0.25, 0.3) is 0 Å². The summed E-state index contributed by atoms with van der Waals surface area (Å²) in [6.45, 7) is 6.29. The van der Waals surface area contributed by atoms with Gasteiger partial charge in [0, 0.05) is 24.7 Å². The molecule has 6 nitrogen and oxygen atoms in total. The zero-order valence-corrected chi connectivity index (χ0v) is 19.9. The summed E-state index contributed by atoms with van der Waals surface area (Å²) in [6, 6.07) is 2.23. The number of aromatic nitrogens is 3. The number of hydrogen-bond acceptors (Lipinski definition) is 7. The molecule has 3 rings (SSSR count). The fourth-order valence-corrected chi connectivity index (χ4v) is 5.49. The number of thiazole rings is 2. The molecule has 3 aromatic heterocycles. The standard InChI is InChI=1S/C21H20F3N3O3S3/c1-11(17-19(30)27(20(31)33-17)9-5-3-4-6-15(28)29)16-12(2)26-18(32-16)14-8-7-13(10-25-14)21(22,23)24/h7-8,10,30H,1,3-6,9H2,2H3,(H,28,29). The second-order valence-electron chi connectivity index (χ2n) is 7.22. The number of aromatic hydroxyl groups is 1. The lowest BCUT2D eigenvalue weighted by Crippen LogP contribution is -2.05. The van der Waals surface area contributed by atoms with Crippen LogP contribution in [0.1, 0.15) is 46.7 Å². The van der Waals surface area contributed by atoms with E-state index in [1.807, 2.05) is 0 Å².